The van der Waals surface area contributed by atoms with Crippen molar-refractivity contribution in [2.24, 2.45) is 5.92 Å². The van der Waals surface area contributed by atoms with Crippen LogP contribution >= 0.6 is 22.9 Å². The van der Waals surface area contributed by atoms with Gasteiger partial charge in [0.05, 0.1) is 10.6 Å². The number of sulfonamides is 1. The summed E-state index contributed by atoms with van der Waals surface area (Å²) >= 11 is 7.63. The van der Waals surface area contributed by atoms with Crippen molar-refractivity contribution < 1.29 is 8.42 Å². The summed E-state index contributed by atoms with van der Waals surface area (Å²) in [6.45, 7) is 4.50. The molecule has 0 spiro atoms. The van der Waals surface area contributed by atoms with Gasteiger partial charge in [0.25, 0.3) is 0 Å². The van der Waals surface area contributed by atoms with Crippen LogP contribution in [0.15, 0.2) is 29.2 Å². The molecule has 1 heterocycles. The van der Waals surface area contributed by atoms with Crippen LogP contribution in [0.3, 0.4) is 0 Å². The third-order valence-corrected chi connectivity index (χ3v) is 9.76. The van der Waals surface area contributed by atoms with Gasteiger partial charge in [-0.15, -0.1) is 11.3 Å². The maximum Gasteiger partial charge on any atom is 0.240 e. The molecule has 2 aliphatic carbocycles. The second-order valence-electron chi connectivity index (χ2n) is 9.44. The Morgan fingerprint density at radius 1 is 1.21 bits per heavy atom. The second kappa shape index (κ2) is 11.0. The number of aryl methyl sites for hydroxylation is 1. The molecular weight excluding hydrogens is 476 g/mol. The fraction of sp³-hybridized carbons (Fsp3) is 0.625. The van der Waals surface area contributed by atoms with Gasteiger partial charge < -0.3 is 10.6 Å². The van der Waals surface area contributed by atoms with Crippen LogP contribution in [-0.4, -0.2) is 43.5 Å². The van der Waals surface area contributed by atoms with E-state index in [9.17, 15) is 8.42 Å². The number of halogens is 1. The monoisotopic (exact) mass is 510 g/mol. The number of anilines is 1. The largest absolute Gasteiger partial charge is 0.375 e. The van der Waals surface area contributed by atoms with Crippen molar-refractivity contribution in [3.8, 4) is 0 Å². The Morgan fingerprint density at radius 3 is 2.73 bits per heavy atom. The van der Waals surface area contributed by atoms with E-state index in [0.717, 1.165) is 64.5 Å². The number of fused-ring (bicyclic) bond motifs is 1. The third kappa shape index (κ3) is 6.48. The van der Waals surface area contributed by atoms with Gasteiger partial charge in [0, 0.05) is 22.0 Å². The minimum atomic E-state index is -3.53. The molecular formula is C24H35ClN4O2S2. The van der Waals surface area contributed by atoms with E-state index in [1.807, 2.05) is 0 Å². The standard InChI is InChI=1S/C24H35ClN4O2S2/c1-2-13-29(20-10-11-22-23(16-20)32-24(26)27-22)14-12-17-6-8-19(9-7-17)28-33(30,31)21-5-3-4-18(25)15-21/h3-5,15,17,19-20,28H,2,6-14,16H2,1H3,(H2,26,27)/t17-,19-,20-/m0/s1. The molecule has 0 bridgehead atoms. The van der Waals surface area contributed by atoms with E-state index in [1.165, 1.54) is 23.1 Å². The van der Waals surface area contributed by atoms with Gasteiger partial charge in [0.2, 0.25) is 10.0 Å². The van der Waals surface area contributed by atoms with Crippen molar-refractivity contribution >= 4 is 38.1 Å². The van der Waals surface area contributed by atoms with Crippen LogP contribution in [-0.2, 0) is 22.9 Å². The smallest absolute Gasteiger partial charge is 0.240 e. The zero-order valence-electron chi connectivity index (χ0n) is 19.3. The number of aromatic nitrogens is 1. The number of hydrogen-bond donors (Lipinski definition) is 2. The molecule has 0 saturated heterocycles. The summed E-state index contributed by atoms with van der Waals surface area (Å²) in [5, 5.41) is 1.14. The number of hydrogen-bond acceptors (Lipinski definition) is 6. The van der Waals surface area contributed by atoms with Crippen LogP contribution in [0.1, 0.15) is 62.4 Å². The summed E-state index contributed by atoms with van der Waals surface area (Å²) in [6.07, 6.45) is 9.54. The highest BCUT2D eigenvalue weighted by atomic mass is 35.5. The van der Waals surface area contributed by atoms with Gasteiger partial charge in [-0.2, -0.15) is 0 Å². The molecule has 33 heavy (non-hydrogen) atoms. The Hall–Kier alpha value is -1.19. The van der Waals surface area contributed by atoms with Crippen molar-refractivity contribution in [2.45, 2.75) is 81.7 Å². The third-order valence-electron chi connectivity index (χ3n) is 7.06. The van der Waals surface area contributed by atoms with Crippen molar-refractivity contribution in [1.82, 2.24) is 14.6 Å². The lowest BCUT2D eigenvalue weighted by Gasteiger charge is -2.36. The summed E-state index contributed by atoms with van der Waals surface area (Å²) in [7, 11) is -3.53. The quantitative estimate of drug-likeness (QED) is 0.502. The molecule has 1 fully saturated rings. The maximum absolute atomic E-state index is 12.7. The van der Waals surface area contributed by atoms with E-state index < -0.39 is 10.0 Å². The number of nitrogen functional groups attached to an aromatic ring is 1. The molecule has 2 aliphatic rings. The molecule has 2 aromatic rings. The van der Waals surface area contributed by atoms with Crippen LogP contribution < -0.4 is 10.5 Å². The SMILES string of the molecule is CCCN(CC[C@H]1CC[C@H](NS(=O)(=O)c2cccc(Cl)c2)CC1)[C@H]1CCc2nc(N)sc2C1. The Bertz CT molecular complexity index is 1030. The Morgan fingerprint density at radius 2 is 2.00 bits per heavy atom. The number of nitrogens with one attached hydrogen (secondary N) is 1. The fourth-order valence-electron chi connectivity index (χ4n) is 5.29. The first-order chi connectivity index (χ1) is 15.8. The predicted octanol–water partition coefficient (Wildman–Crippen LogP) is 4.88. The van der Waals surface area contributed by atoms with Gasteiger partial charge in [0.15, 0.2) is 5.13 Å². The van der Waals surface area contributed by atoms with E-state index in [4.69, 9.17) is 17.3 Å². The van der Waals surface area contributed by atoms with Crippen LogP contribution in [0.5, 0.6) is 0 Å². The Labute approximate surface area is 207 Å². The lowest BCUT2D eigenvalue weighted by Crippen LogP contribution is -2.41. The first-order valence-corrected chi connectivity index (χ1v) is 14.8. The average molecular weight is 511 g/mol. The predicted molar refractivity (Wildman–Crippen MR) is 136 cm³/mol. The number of nitrogens with zero attached hydrogens (tertiary/aromatic N) is 2. The molecule has 6 nitrogen and oxygen atoms in total. The van der Waals surface area contributed by atoms with Crippen LogP contribution in [0.25, 0.3) is 0 Å². The van der Waals surface area contributed by atoms with E-state index in [2.05, 4.69) is 21.5 Å². The van der Waals surface area contributed by atoms with Gasteiger partial charge in [-0.25, -0.2) is 18.1 Å². The highest BCUT2D eigenvalue weighted by molar-refractivity contribution is 7.89. The van der Waals surface area contributed by atoms with Crippen LogP contribution in [0.4, 0.5) is 5.13 Å². The summed E-state index contributed by atoms with van der Waals surface area (Å²) in [5.41, 5.74) is 7.14. The molecule has 1 aromatic carbocycles. The Kier molecular flexibility index (Phi) is 8.33. The lowest BCUT2D eigenvalue weighted by molar-refractivity contribution is 0.158. The number of rotatable bonds is 9. The minimum Gasteiger partial charge on any atom is -0.375 e. The summed E-state index contributed by atoms with van der Waals surface area (Å²) in [5.74, 6) is 0.662. The van der Waals surface area contributed by atoms with E-state index in [-0.39, 0.29) is 10.9 Å². The second-order valence-corrected chi connectivity index (χ2v) is 12.7. The number of nitrogens with two attached hydrogens (primary N) is 1. The topological polar surface area (TPSA) is 88.3 Å². The molecule has 1 aromatic heterocycles. The average Bonchev–Trinajstić information content (AvgIpc) is 3.16. The van der Waals surface area contributed by atoms with E-state index in [0.29, 0.717) is 22.1 Å². The summed E-state index contributed by atoms with van der Waals surface area (Å²) < 4.78 is 28.3. The van der Waals surface area contributed by atoms with Gasteiger partial charge in [-0.1, -0.05) is 24.6 Å². The van der Waals surface area contributed by atoms with Crippen molar-refractivity contribution in [3.05, 3.63) is 39.9 Å². The molecule has 182 valence electrons. The van der Waals surface area contributed by atoms with Crippen LogP contribution in [0, 0.1) is 5.92 Å². The molecule has 1 atom stereocenters. The first kappa shape index (κ1) is 24.9. The molecule has 4 rings (SSSR count). The van der Waals surface area contributed by atoms with Crippen molar-refractivity contribution in [3.63, 3.8) is 0 Å². The highest BCUT2D eigenvalue weighted by Gasteiger charge is 2.29. The van der Waals surface area contributed by atoms with Gasteiger partial charge in [0.1, 0.15) is 0 Å². The van der Waals surface area contributed by atoms with Crippen molar-refractivity contribution in [1.29, 1.82) is 0 Å². The van der Waals surface area contributed by atoms with Gasteiger partial charge >= 0.3 is 0 Å². The number of thiazole rings is 1. The number of benzene rings is 1. The lowest BCUT2D eigenvalue weighted by atomic mass is 9.84. The van der Waals surface area contributed by atoms with E-state index >= 15 is 0 Å². The molecule has 0 radical (unpaired) electrons. The molecule has 0 unspecified atom stereocenters. The molecule has 3 N–H and O–H groups in total. The zero-order valence-corrected chi connectivity index (χ0v) is 21.7. The summed E-state index contributed by atoms with van der Waals surface area (Å²) in [4.78, 5) is 8.78. The molecule has 0 amide bonds. The van der Waals surface area contributed by atoms with Gasteiger partial charge in [-0.05, 0) is 95.0 Å². The first-order valence-electron chi connectivity index (χ1n) is 12.1. The van der Waals surface area contributed by atoms with Gasteiger partial charge in [-0.3, -0.25) is 0 Å². The van der Waals surface area contributed by atoms with Crippen molar-refractivity contribution in [2.75, 3.05) is 18.8 Å². The Balaban J connectivity index is 1.26. The normalized spacial score (nSPS) is 23.5. The van der Waals surface area contributed by atoms with Crippen LogP contribution in [0.2, 0.25) is 5.02 Å². The fourth-order valence-corrected chi connectivity index (χ4v) is 7.85. The zero-order chi connectivity index (χ0) is 23.4. The maximum atomic E-state index is 12.7. The molecule has 1 saturated carbocycles. The highest BCUT2D eigenvalue weighted by Crippen LogP contribution is 2.32. The molecule has 0 aliphatic heterocycles. The minimum absolute atomic E-state index is 0.00512. The van der Waals surface area contributed by atoms with E-state index in [1.54, 1.807) is 29.5 Å². The molecule has 9 heteroatoms. The summed E-state index contributed by atoms with van der Waals surface area (Å²) in [6, 6.07) is 7.05.